The number of nitrogens with zero attached hydrogens (tertiary/aromatic N) is 1. The molecule has 2 aromatic rings. The number of ether oxygens (including phenoxy) is 6. The first-order valence-electron chi connectivity index (χ1n) is 24.0. The van der Waals surface area contributed by atoms with Crippen LogP contribution in [-0.2, 0) is 47.2 Å². The summed E-state index contributed by atoms with van der Waals surface area (Å²) in [6, 6.07) is 18.2. The van der Waals surface area contributed by atoms with Crippen LogP contribution in [0.1, 0.15) is 125 Å². The third kappa shape index (κ3) is 8.44. The third-order valence-electron chi connectivity index (χ3n) is 16.0. The summed E-state index contributed by atoms with van der Waals surface area (Å²) in [6.45, 7) is 22.3. The van der Waals surface area contributed by atoms with Gasteiger partial charge in [0.2, 0.25) is 0 Å². The van der Waals surface area contributed by atoms with Crippen molar-refractivity contribution in [1.82, 2.24) is 4.90 Å². The molecule has 68 heavy (non-hydrogen) atoms. The van der Waals surface area contributed by atoms with Crippen LogP contribution in [0.3, 0.4) is 0 Å². The first kappa shape index (κ1) is 51.4. The fraction of sp³-hybridized carbons (Fsp3) is 0.635. The first-order chi connectivity index (χ1) is 31.7. The normalized spacial score (nSPS) is 34.0. The minimum Gasteiger partial charge on any atom is -0.456 e. The van der Waals surface area contributed by atoms with Crippen LogP contribution in [0.25, 0.3) is 0 Å². The number of hydrogen-bond acceptors (Lipinski definition) is 14. The summed E-state index contributed by atoms with van der Waals surface area (Å²) in [5.74, 6) is -4.56. The van der Waals surface area contributed by atoms with Crippen LogP contribution in [0, 0.1) is 16.7 Å². The molecule has 0 unspecified atom stereocenters. The van der Waals surface area contributed by atoms with Crippen molar-refractivity contribution in [2.75, 3.05) is 6.61 Å². The molecule has 11 atom stereocenters. The van der Waals surface area contributed by atoms with E-state index in [0.29, 0.717) is 11.1 Å². The second-order valence-electron chi connectivity index (χ2n) is 21.6. The Morgan fingerprint density at radius 2 is 1.46 bits per heavy atom. The van der Waals surface area contributed by atoms with Gasteiger partial charge in [-0.25, -0.2) is 14.4 Å². The number of Topliss-reactive ketones (excluding diaryl/α,β-unsaturated/α-hetero) is 1. The fourth-order valence-corrected chi connectivity index (χ4v) is 14.9. The van der Waals surface area contributed by atoms with E-state index in [0.717, 1.165) is 18.1 Å². The molecule has 0 spiro atoms. The molecule has 5 aliphatic rings. The highest BCUT2D eigenvalue weighted by atomic mass is 28.4. The van der Waals surface area contributed by atoms with E-state index in [2.05, 4.69) is 20.8 Å². The molecule has 4 fully saturated rings. The molecular formula is C52H71NO14Si. The smallest absolute Gasteiger partial charge is 0.413 e. The predicted octanol–water partition coefficient (Wildman–Crippen LogP) is 7.78. The minimum absolute atomic E-state index is 0.108. The lowest BCUT2D eigenvalue weighted by Crippen LogP contribution is -2.81. The van der Waals surface area contributed by atoms with Gasteiger partial charge in [-0.15, -0.1) is 0 Å². The van der Waals surface area contributed by atoms with Crippen LogP contribution < -0.4 is 0 Å². The van der Waals surface area contributed by atoms with Crippen molar-refractivity contribution in [3.05, 3.63) is 82.9 Å². The number of rotatable bonds is 11. The number of ketones is 1. The van der Waals surface area contributed by atoms with Crippen molar-refractivity contribution >= 4 is 38.1 Å². The molecule has 7 rings (SSSR count). The monoisotopic (exact) mass is 961 g/mol. The van der Waals surface area contributed by atoms with E-state index in [-0.39, 0.29) is 24.2 Å². The molecule has 372 valence electrons. The number of hydrogen-bond donors (Lipinski definition) is 2. The molecule has 15 nitrogen and oxygen atoms in total. The molecular weight excluding hydrogens is 891 g/mol. The second-order valence-corrected chi connectivity index (χ2v) is 26.4. The Bertz CT molecular complexity index is 2300. The molecule has 2 bridgehead atoms. The van der Waals surface area contributed by atoms with E-state index in [1.165, 1.54) is 11.8 Å². The molecule has 16 heteroatoms. The van der Waals surface area contributed by atoms with Crippen molar-refractivity contribution < 1.29 is 67.0 Å². The van der Waals surface area contributed by atoms with Gasteiger partial charge in [-0.1, -0.05) is 83.1 Å². The van der Waals surface area contributed by atoms with Gasteiger partial charge in [-0.2, -0.15) is 0 Å². The molecule has 2 saturated heterocycles. The van der Waals surface area contributed by atoms with E-state index < -0.39 is 126 Å². The zero-order chi connectivity index (χ0) is 50.2. The summed E-state index contributed by atoms with van der Waals surface area (Å²) in [4.78, 5) is 74.6. The maximum atomic E-state index is 16.2. The number of carbonyl (C=O) groups excluding carboxylic acids is 5. The van der Waals surface area contributed by atoms with E-state index in [1.54, 1.807) is 123 Å². The molecule has 0 radical (unpaired) electrons. The number of benzene rings is 2. The van der Waals surface area contributed by atoms with E-state index in [9.17, 15) is 24.6 Å². The van der Waals surface area contributed by atoms with Gasteiger partial charge in [-0.05, 0) is 95.4 Å². The lowest BCUT2D eigenvalue weighted by atomic mass is 9.44. The van der Waals surface area contributed by atoms with Crippen molar-refractivity contribution in [1.29, 1.82) is 0 Å². The lowest BCUT2D eigenvalue weighted by Gasteiger charge is -2.67. The Hall–Kier alpha value is -4.45. The van der Waals surface area contributed by atoms with Gasteiger partial charge in [0.15, 0.2) is 26.3 Å². The van der Waals surface area contributed by atoms with Crippen LogP contribution in [0.15, 0.2) is 71.8 Å². The zero-order valence-electron chi connectivity index (χ0n) is 41.9. The summed E-state index contributed by atoms with van der Waals surface area (Å²) >= 11 is 0. The molecule has 2 saturated carbocycles. The van der Waals surface area contributed by atoms with E-state index >= 15 is 9.59 Å². The number of aliphatic hydroxyl groups is 2. The molecule has 0 aromatic heterocycles. The van der Waals surface area contributed by atoms with Gasteiger partial charge in [-0.3, -0.25) is 14.5 Å². The predicted molar refractivity (Wildman–Crippen MR) is 251 cm³/mol. The average molecular weight is 962 g/mol. The van der Waals surface area contributed by atoms with Crippen molar-refractivity contribution in [3.8, 4) is 0 Å². The molecule has 3 aliphatic carbocycles. The van der Waals surface area contributed by atoms with Crippen LogP contribution in [0.5, 0.6) is 0 Å². The summed E-state index contributed by atoms with van der Waals surface area (Å²) in [5, 5.41) is 27.1. The van der Waals surface area contributed by atoms with E-state index in [4.69, 9.17) is 32.8 Å². The highest BCUT2D eigenvalue weighted by molar-refractivity contribution is 6.73. The standard InChI is InChI=1S/C52H71NO14Si/c1-14-68(15-2,16-3)67-35-27-36-51(59,29-61-36)41-43(64-44(56)33-25-21-18-22-26-33)52(60)28-34(30(4)37(48(52,9)10)39(62-31(5)54)42(55)50(35,41)13)63-45(57)40-38(32-23-19-17-20-24-32)53(49(11,12)65-40)46(58)66-47(6,7)8/h17-26,34-36,38-41,43,59-60H,14-16,27-29H2,1-13H3/t34-,35-,36+,38-,39+,40+,41-,43-,50+,51-,52+/m0/s1. The van der Waals surface area contributed by atoms with Crippen molar-refractivity contribution in [3.63, 3.8) is 0 Å². The van der Waals surface area contributed by atoms with Gasteiger partial charge in [0.05, 0.1) is 29.8 Å². The SMILES string of the molecule is CC[Si](CC)(CC)O[C@H]1C[C@H]2OC[C@@]2(O)[C@H]2[C@H](OC(=O)c3ccccc3)[C@]3(O)C[C@H](OC(=O)[C@@H]4OC(C)(C)N(C(=O)OC(C)(C)C)[C@H]4c4ccccc4)C(C)=C([C@@H](OC(C)=O)C(=O)[C@]12C)C3(C)C. The van der Waals surface area contributed by atoms with Gasteiger partial charge in [0.1, 0.15) is 40.8 Å². The summed E-state index contributed by atoms with van der Waals surface area (Å²) < 4.78 is 44.9. The molecule has 2 N–H and O–H groups in total. The molecule has 2 aromatic carbocycles. The molecule has 2 aliphatic heterocycles. The quantitative estimate of drug-likeness (QED) is 0.0960. The van der Waals surface area contributed by atoms with Crippen molar-refractivity contribution in [2.45, 2.75) is 186 Å². The summed E-state index contributed by atoms with van der Waals surface area (Å²) in [6.07, 6.45) is -9.00. The number of carbonyl (C=O) groups is 5. The topological polar surface area (TPSA) is 194 Å². The largest absolute Gasteiger partial charge is 0.456 e. The second kappa shape index (κ2) is 18.1. The zero-order valence-corrected chi connectivity index (χ0v) is 42.9. The summed E-state index contributed by atoms with van der Waals surface area (Å²) in [5.41, 5.74) is -8.59. The Morgan fingerprint density at radius 3 is 1.99 bits per heavy atom. The molecule has 1 amide bonds. The van der Waals surface area contributed by atoms with Gasteiger partial charge in [0.25, 0.3) is 0 Å². The fourth-order valence-electron chi connectivity index (χ4n) is 12.0. The van der Waals surface area contributed by atoms with Gasteiger partial charge in [0, 0.05) is 31.1 Å². The Kier molecular flexibility index (Phi) is 13.6. The number of esters is 3. The van der Waals surface area contributed by atoms with Crippen LogP contribution in [-0.4, -0.2) is 119 Å². The van der Waals surface area contributed by atoms with Crippen molar-refractivity contribution in [2.24, 2.45) is 16.7 Å². The van der Waals surface area contributed by atoms with Gasteiger partial charge < -0.3 is 43.1 Å². The molecule has 2 heterocycles. The Balaban J connectivity index is 1.43. The lowest BCUT2D eigenvalue weighted by molar-refractivity contribution is -0.342. The minimum atomic E-state index is -2.58. The number of fused-ring (bicyclic) bond motifs is 5. The maximum Gasteiger partial charge on any atom is 0.413 e. The Morgan fingerprint density at radius 1 is 0.868 bits per heavy atom. The van der Waals surface area contributed by atoms with Crippen LogP contribution in [0.4, 0.5) is 4.79 Å². The average Bonchev–Trinajstić information content (AvgIpc) is 3.57. The highest BCUT2D eigenvalue weighted by Gasteiger charge is 2.77. The summed E-state index contributed by atoms with van der Waals surface area (Å²) in [7, 11) is -2.58. The maximum absolute atomic E-state index is 16.2. The van der Waals surface area contributed by atoms with Crippen LogP contribution >= 0.6 is 0 Å². The van der Waals surface area contributed by atoms with Gasteiger partial charge >= 0.3 is 24.0 Å². The number of amides is 1. The third-order valence-corrected chi connectivity index (χ3v) is 20.6. The van der Waals surface area contributed by atoms with E-state index in [1.807, 2.05) is 0 Å². The highest BCUT2D eigenvalue weighted by Crippen LogP contribution is 2.64. The van der Waals surface area contributed by atoms with Crippen LogP contribution in [0.2, 0.25) is 18.1 Å². The Labute approximate surface area is 401 Å². The first-order valence-corrected chi connectivity index (χ1v) is 26.6.